The van der Waals surface area contributed by atoms with Crippen LogP contribution in [-0.2, 0) is 4.79 Å². The van der Waals surface area contributed by atoms with Crippen molar-refractivity contribution in [2.75, 3.05) is 6.54 Å². The van der Waals surface area contributed by atoms with Crippen LogP contribution in [0.4, 0.5) is 8.78 Å². The maximum atomic E-state index is 13.7. The van der Waals surface area contributed by atoms with E-state index in [0.29, 0.717) is 24.0 Å². The smallest absolute Gasteiger partial charge is 0.248 e. The number of piperidine rings is 1. The maximum Gasteiger partial charge on any atom is 0.248 e. The summed E-state index contributed by atoms with van der Waals surface area (Å²) in [6, 6.07) is 11.1. The van der Waals surface area contributed by atoms with Gasteiger partial charge in [0.2, 0.25) is 11.8 Å². The van der Waals surface area contributed by atoms with E-state index in [4.69, 9.17) is 11.6 Å². The molecule has 6 nitrogen and oxygen atoms in total. The first-order chi connectivity index (χ1) is 18.1. The van der Waals surface area contributed by atoms with Crippen molar-refractivity contribution in [2.24, 2.45) is 0 Å². The summed E-state index contributed by atoms with van der Waals surface area (Å²) in [4.78, 5) is 14.6. The van der Waals surface area contributed by atoms with Crippen LogP contribution in [0.25, 0.3) is 0 Å². The van der Waals surface area contributed by atoms with Gasteiger partial charge in [-0.05, 0) is 57.4 Å². The lowest BCUT2D eigenvalue weighted by molar-refractivity contribution is -0.128. The van der Waals surface area contributed by atoms with Crippen LogP contribution in [0.2, 0.25) is 0 Å². The van der Waals surface area contributed by atoms with Gasteiger partial charge in [0.15, 0.2) is 0 Å². The van der Waals surface area contributed by atoms with E-state index in [-0.39, 0.29) is 37.6 Å². The number of aryl methyl sites for hydroxylation is 1. The Kier molecular flexibility index (Phi) is 7.84. The molecular weight excluding hydrogens is 508 g/mol. The molecule has 1 amide bonds. The van der Waals surface area contributed by atoms with E-state index in [0.717, 1.165) is 43.0 Å². The zero-order valence-corrected chi connectivity index (χ0v) is 23.4. The number of carbonyl (C=O) groups is 1. The van der Waals surface area contributed by atoms with Gasteiger partial charge < -0.3 is 9.88 Å². The number of aromatic nitrogens is 3. The Morgan fingerprint density at radius 1 is 1.05 bits per heavy atom. The molecule has 1 aliphatic carbocycles. The minimum Gasteiger partial charge on any atom is -0.348 e. The van der Waals surface area contributed by atoms with Gasteiger partial charge in [-0.2, -0.15) is 0 Å². The molecule has 38 heavy (non-hydrogen) atoms. The summed E-state index contributed by atoms with van der Waals surface area (Å²) < 4.78 is 29.9. The molecule has 1 aromatic carbocycles. The monoisotopic (exact) mass is 547 g/mol. The first-order valence-corrected chi connectivity index (χ1v) is 14.5. The van der Waals surface area contributed by atoms with Gasteiger partial charge >= 0.3 is 0 Å². The van der Waals surface area contributed by atoms with Crippen molar-refractivity contribution in [3.05, 3.63) is 47.5 Å². The number of amides is 1. The van der Waals surface area contributed by atoms with E-state index in [2.05, 4.69) is 45.8 Å². The zero-order valence-electron chi connectivity index (χ0n) is 22.7. The first kappa shape index (κ1) is 27.5. The standard InChI is InChI=1S/C29H40ClF2N5O/c1-19(2)26-35-34-20(3)37(26)24-17-22-9-10-23(18-24)36(22)16-11-25(21-7-5-4-6-8-21)33-27(38)28(30)12-14-29(31,32)15-13-28/h4-8,19,22-25H,9-18H2,1-3H3,(H,33,38)/t22-,23+,24?,25-/m0/s1. The predicted octanol–water partition coefficient (Wildman–Crippen LogP) is 6.31. The number of alkyl halides is 3. The highest BCUT2D eigenvalue weighted by Crippen LogP contribution is 2.44. The van der Waals surface area contributed by atoms with Crippen molar-refractivity contribution in [3.63, 3.8) is 0 Å². The first-order valence-electron chi connectivity index (χ1n) is 14.2. The number of carbonyl (C=O) groups excluding carboxylic acids is 1. The molecule has 1 unspecified atom stereocenters. The van der Waals surface area contributed by atoms with Crippen LogP contribution in [0.5, 0.6) is 0 Å². The maximum absolute atomic E-state index is 13.7. The number of benzene rings is 1. The van der Waals surface area contributed by atoms with Crippen molar-refractivity contribution in [1.29, 1.82) is 0 Å². The second-order valence-corrected chi connectivity index (χ2v) is 12.6. The van der Waals surface area contributed by atoms with Gasteiger partial charge in [-0.3, -0.25) is 9.69 Å². The molecular formula is C29H40ClF2N5O. The molecule has 2 aliphatic heterocycles. The molecule has 1 aromatic heterocycles. The van der Waals surface area contributed by atoms with Crippen molar-refractivity contribution >= 4 is 17.5 Å². The van der Waals surface area contributed by atoms with Crippen LogP contribution in [-0.4, -0.2) is 55.0 Å². The Morgan fingerprint density at radius 3 is 2.29 bits per heavy atom. The van der Waals surface area contributed by atoms with Crippen LogP contribution >= 0.6 is 11.6 Å². The molecule has 1 N–H and O–H groups in total. The summed E-state index contributed by atoms with van der Waals surface area (Å²) in [6.07, 6.45) is 4.57. The Morgan fingerprint density at radius 2 is 1.68 bits per heavy atom. The fourth-order valence-corrected chi connectivity index (χ4v) is 7.11. The Hall–Kier alpha value is -2.06. The van der Waals surface area contributed by atoms with Crippen LogP contribution in [0.3, 0.4) is 0 Å². The van der Waals surface area contributed by atoms with E-state index in [1.165, 1.54) is 12.8 Å². The summed E-state index contributed by atoms with van der Waals surface area (Å²) in [5.41, 5.74) is 1.02. The molecule has 3 fully saturated rings. The highest BCUT2D eigenvalue weighted by molar-refractivity contribution is 6.35. The van der Waals surface area contributed by atoms with Crippen LogP contribution in [0, 0.1) is 6.92 Å². The van der Waals surface area contributed by atoms with E-state index < -0.39 is 10.8 Å². The normalized spacial score (nSPS) is 27.4. The quantitative estimate of drug-likeness (QED) is 0.393. The minimum absolute atomic E-state index is 0.00650. The fraction of sp³-hybridized carbons (Fsp3) is 0.690. The summed E-state index contributed by atoms with van der Waals surface area (Å²) >= 11 is 6.63. The summed E-state index contributed by atoms with van der Waals surface area (Å²) in [5.74, 6) is -0.654. The second-order valence-electron chi connectivity index (χ2n) is 11.9. The average molecular weight is 548 g/mol. The van der Waals surface area contributed by atoms with E-state index in [1.807, 2.05) is 30.3 Å². The van der Waals surface area contributed by atoms with Gasteiger partial charge in [0.25, 0.3) is 0 Å². The molecule has 0 radical (unpaired) electrons. The molecule has 2 saturated heterocycles. The summed E-state index contributed by atoms with van der Waals surface area (Å²) in [7, 11) is 0. The van der Waals surface area contributed by atoms with Gasteiger partial charge in [-0.1, -0.05) is 44.2 Å². The fourth-order valence-electron chi connectivity index (χ4n) is 6.86. The number of fused-ring (bicyclic) bond motifs is 2. The topological polar surface area (TPSA) is 63.1 Å². The number of nitrogens with zero attached hydrogens (tertiary/aromatic N) is 4. The molecule has 2 bridgehead atoms. The SMILES string of the molecule is Cc1nnc(C(C)C)n1C1C[C@H]2CC[C@@H](C1)N2CC[C@H](NC(=O)C1(Cl)CCC(F)(F)CC1)c1ccccc1. The number of hydrogen-bond acceptors (Lipinski definition) is 4. The van der Waals surface area contributed by atoms with Gasteiger partial charge in [0.05, 0.1) is 6.04 Å². The van der Waals surface area contributed by atoms with Gasteiger partial charge in [0.1, 0.15) is 16.5 Å². The number of halogens is 3. The summed E-state index contributed by atoms with van der Waals surface area (Å²) in [6.45, 7) is 7.27. The third-order valence-corrected chi connectivity index (χ3v) is 9.55. The van der Waals surface area contributed by atoms with E-state index in [9.17, 15) is 13.6 Å². The second kappa shape index (κ2) is 10.8. The third kappa shape index (κ3) is 5.62. The van der Waals surface area contributed by atoms with Crippen molar-refractivity contribution in [2.45, 2.75) is 119 Å². The lowest BCUT2D eigenvalue weighted by Crippen LogP contribution is -2.49. The summed E-state index contributed by atoms with van der Waals surface area (Å²) in [5, 5.41) is 12.0. The molecule has 4 atom stereocenters. The predicted molar refractivity (Wildman–Crippen MR) is 145 cm³/mol. The largest absolute Gasteiger partial charge is 0.348 e. The third-order valence-electron chi connectivity index (χ3n) is 9.00. The van der Waals surface area contributed by atoms with Crippen LogP contribution in [0.15, 0.2) is 30.3 Å². The Labute approximate surface area is 229 Å². The Balaban J connectivity index is 1.26. The number of rotatable bonds is 8. The van der Waals surface area contributed by atoms with E-state index >= 15 is 0 Å². The number of nitrogens with one attached hydrogen (secondary N) is 1. The van der Waals surface area contributed by atoms with Crippen molar-refractivity contribution in [1.82, 2.24) is 25.0 Å². The van der Waals surface area contributed by atoms with Gasteiger partial charge in [-0.25, -0.2) is 8.78 Å². The molecule has 3 aliphatic rings. The van der Waals surface area contributed by atoms with Crippen LogP contribution in [0.1, 0.15) is 107 Å². The van der Waals surface area contributed by atoms with Gasteiger partial charge in [-0.15, -0.1) is 21.8 Å². The molecule has 3 heterocycles. The van der Waals surface area contributed by atoms with Crippen LogP contribution < -0.4 is 5.32 Å². The minimum atomic E-state index is -2.73. The molecule has 5 rings (SSSR count). The van der Waals surface area contributed by atoms with Crippen molar-refractivity contribution < 1.29 is 13.6 Å². The lowest BCUT2D eigenvalue weighted by atomic mass is 9.85. The van der Waals surface area contributed by atoms with Crippen molar-refractivity contribution in [3.8, 4) is 0 Å². The lowest BCUT2D eigenvalue weighted by Gasteiger charge is -2.41. The highest BCUT2D eigenvalue weighted by atomic mass is 35.5. The average Bonchev–Trinajstić information content (AvgIpc) is 3.39. The van der Waals surface area contributed by atoms with Gasteiger partial charge in [0, 0.05) is 43.4 Å². The highest BCUT2D eigenvalue weighted by Gasteiger charge is 2.47. The molecule has 1 saturated carbocycles. The molecule has 9 heteroatoms. The molecule has 2 aromatic rings. The zero-order chi connectivity index (χ0) is 27.1. The molecule has 208 valence electrons. The Bertz CT molecular complexity index is 1100. The number of hydrogen-bond donors (Lipinski definition) is 1. The molecule has 0 spiro atoms. The van der Waals surface area contributed by atoms with E-state index in [1.54, 1.807) is 0 Å².